The molecule has 68 valence electrons. The van der Waals surface area contributed by atoms with Gasteiger partial charge in [0.2, 0.25) is 0 Å². The van der Waals surface area contributed by atoms with Gasteiger partial charge in [-0.05, 0) is 42.4 Å². The molecule has 0 aliphatic heterocycles. The van der Waals surface area contributed by atoms with Gasteiger partial charge in [0.1, 0.15) is 0 Å². The summed E-state index contributed by atoms with van der Waals surface area (Å²) in [4.78, 5) is 11.3. The first-order chi connectivity index (χ1) is 6.18. The molecule has 0 saturated heterocycles. The second-order valence-electron chi connectivity index (χ2n) is 4.04. The summed E-state index contributed by atoms with van der Waals surface area (Å²) in [6.07, 6.45) is 1.28. The van der Waals surface area contributed by atoms with Gasteiger partial charge in [0.25, 0.3) is 0 Å². The summed E-state index contributed by atoms with van der Waals surface area (Å²) < 4.78 is 0. The lowest BCUT2D eigenvalue weighted by molar-refractivity contribution is 0.915. The summed E-state index contributed by atoms with van der Waals surface area (Å²) in [5.41, 5.74) is 2.32. The first-order valence-corrected chi connectivity index (χ1v) is 4.79. The van der Waals surface area contributed by atoms with Gasteiger partial charge in [-0.15, -0.1) is 0 Å². The van der Waals surface area contributed by atoms with Crippen LogP contribution in [0.2, 0.25) is 0 Å². The molecule has 1 aromatic rings. The highest BCUT2D eigenvalue weighted by atomic mass is 16.1. The van der Waals surface area contributed by atoms with Crippen LogP contribution in [0.5, 0.6) is 0 Å². The normalized spacial score (nSPS) is 25.7. The third-order valence-electron chi connectivity index (χ3n) is 2.85. The van der Waals surface area contributed by atoms with Gasteiger partial charge < -0.3 is 0 Å². The molecule has 2 atom stereocenters. The predicted octanol–water partition coefficient (Wildman–Crippen LogP) is 2.48. The highest BCUT2D eigenvalue weighted by molar-refractivity contribution is 5.28. The van der Waals surface area contributed by atoms with Gasteiger partial charge in [0, 0.05) is 0 Å². The summed E-state index contributed by atoms with van der Waals surface area (Å²) in [6.45, 7) is 4.14. The SMILES string of the molecule is Cc1cc(C2C[C@H]2C)cccc1=O. The maximum absolute atomic E-state index is 11.3. The van der Waals surface area contributed by atoms with E-state index < -0.39 is 0 Å². The van der Waals surface area contributed by atoms with Crippen LogP contribution < -0.4 is 5.43 Å². The molecule has 0 spiro atoms. The highest BCUT2D eigenvalue weighted by Crippen LogP contribution is 2.46. The Balaban J connectivity index is 2.45. The van der Waals surface area contributed by atoms with Gasteiger partial charge in [-0.3, -0.25) is 4.79 Å². The molecular formula is C12H14O. The smallest absolute Gasteiger partial charge is 0.181 e. The molecule has 1 heteroatoms. The molecule has 2 rings (SSSR count). The minimum atomic E-state index is 0.138. The lowest BCUT2D eigenvalue weighted by atomic mass is 10.1. The van der Waals surface area contributed by atoms with Crippen LogP contribution >= 0.6 is 0 Å². The molecule has 0 bridgehead atoms. The Bertz CT molecular complexity index is 381. The minimum Gasteiger partial charge on any atom is -0.290 e. The summed E-state index contributed by atoms with van der Waals surface area (Å²) in [5.74, 6) is 1.50. The van der Waals surface area contributed by atoms with Crippen LogP contribution in [-0.4, -0.2) is 0 Å². The summed E-state index contributed by atoms with van der Waals surface area (Å²) in [6, 6.07) is 7.63. The molecule has 0 N–H and O–H groups in total. The van der Waals surface area contributed by atoms with E-state index in [-0.39, 0.29) is 5.43 Å². The third kappa shape index (κ3) is 1.64. The van der Waals surface area contributed by atoms with Crippen molar-refractivity contribution in [3.63, 3.8) is 0 Å². The second-order valence-corrected chi connectivity index (χ2v) is 4.04. The summed E-state index contributed by atoms with van der Waals surface area (Å²) >= 11 is 0. The van der Waals surface area contributed by atoms with E-state index in [0.717, 1.165) is 11.5 Å². The standard InChI is InChI=1S/C12H14O/c1-8-7-11(8)10-4-3-5-12(13)9(2)6-10/h3-6,8,11H,7H2,1-2H3/t8-,11?/m1/s1. The van der Waals surface area contributed by atoms with E-state index in [1.807, 2.05) is 19.1 Å². The average molecular weight is 174 g/mol. The Morgan fingerprint density at radius 2 is 2.08 bits per heavy atom. The van der Waals surface area contributed by atoms with Crippen LogP contribution in [0.1, 0.15) is 30.4 Å². The summed E-state index contributed by atoms with van der Waals surface area (Å²) in [5, 5.41) is 0. The Morgan fingerprint density at radius 1 is 1.38 bits per heavy atom. The Kier molecular flexibility index (Phi) is 1.95. The lowest BCUT2D eigenvalue weighted by Gasteiger charge is -1.93. The molecule has 1 aliphatic carbocycles. The fourth-order valence-corrected chi connectivity index (χ4v) is 1.76. The van der Waals surface area contributed by atoms with Crippen molar-refractivity contribution >= 4 is 0 Å². The van der Waals surface area contributed by atoms with Crippen LogP contribution in [0.3, 0.4) is 0 Å². The molecule has 1 saturated carbocycles. The average Bonchev–Trinajstić information content (AvgIpc) is 2.80. The monoisotopic (exact) mass is 174 g/mol. The molecule has 0 radical (unpaired) electrons. The van der Waals surface area contributed by atoms with Crippen molar-refractivity contribution < 1.29 is 0 Å². The fraction of sp³-hybridized carbons (Fsp3) is 0.417. The van der Waals surface area contributed by atoms with Crippen molar-refractivity contribution in [3.8, 4) is 0 Å². The van der Waals surface area contributed by atoms with E-state index in [9.17, 15) is 4.79 Å². The van der Waals surface area contributed by atoms with Crippen LogP contribution in [0.25, 0.3) is 0 Å². The van der Waals surface area contributed by atoms with Gasteiger partial charge in [0.05, 0.1) is 0 Å². The van der Waals surface area contributed by atoms with Crippen molar-refractivity contribution in [2.24, 2.45) is 5.92 Å². The van der Waals surface area contributed by atoms with Gasteiger partial charge in [-0.25, -0.2) is 0 Å². The van der Waals surface area contributed by atoms with E-state index in [4.69, 9.17) is 0 Å². The molecule has 0 heterocycles. The van der Waals surface area contributed by atoms with Crippen molar-refractivity contribution in [1.82, 2.24) is 0 Å². The zero-order valence-electron chi connectivity index (χ0n) is 8.08. The van der Waals surface area contributed by atoms with Crippen molar-refractivity contribution in [2.75, 3.05) is 0 Å². The largest absolute Gasteiger partial charge is 0.290 e. The van der Waals surface area contributed by atoms with Crippen LogP contribution in [-0.2, 0) is 0 Å². The molecule has 1 unspecified atom stereocenters. The molecule has 1 nitrogen and oxygen atoms in total. The van der Waals surface area contributed by atoms with E-state index in [0.29, 0.717) is 5.92 Å². The lowest BCUT2D eigenvalue weighted by Crippen LogP contribution is -1.97. The minimum absolute atomic E-state index is 0.138. The van der Waals surface area contributed by atoms with E-state index in [1.165, 1.54) is 12.0 Å². The topological polar surface area (TPSA) is 17.1 Å². The number of hydrogen-bond donors (Lipinski definition) is 0. The molecule has 1 aromatic carbocycles. The fourth-order valence-electron chi connectivity index (χ4n) is 1.76. The van der Waals surface area contributed by atoms with Crippen molar-refractivity contribution in [2.45, 2.75) is 26.2 Å². The van der Waals surface area contributed by atoms with Gasteiger partial charge in [-0.1, -0.05) is 25.1 Å². The molecular weight excluding hydrogens is 160 g/mol. The second kappa shape index (κ2) is 2.99. The number of rotatable bonds is 1. The molecule has 1 aliphatic rings. The Morgan fingerprint density at radius 3 is 2.69 bits per heavy atom. The first kappa shape index (κ1) is 8.49. The number of aryl methyl sites for hydroxylation is 1. The zero-order valence-corrected chi connectivity index (χ0v) is 8.08. The quantitative estimate of drug-likeness (QED) is 0.639. The third-order valence-corrected chi connectivity index (χ3v) is 2.85. The Hall–Kier alpha value is -1.11. The highest BCUT2D eigenvalue weighted by Gasteiger charge is 2.33. The van der Waals surface area contributed by atoms with Crippen molar-refractivity contribution in [3.05, 3.63) is 45.6 Å². The van der Waals surface area contributed by atoms with Crippen LogP contribution in [0, 0.1) is 12.8 Å². The zero-order chi connectivity index (χ0) is 9.42. The van der Waals surface area contributed by atoms with E-state index >= 15 is 0 Å². The molecule has 0 aromatic heterocycles. The van der Waals surface area contributed by atoms with Crippen LogP contribution in [0.15, 0.2) is 29.1 Å². The van der Waals surface area contributed by atoms with Gasteiger partial charge >= 0.3 is 0 Å². The predicted molar refractivity (Wildman–Crippen MR) is 54.0 cm³/mol. The van der Waals surface area contributed by atoms with E-state index in [2.05, 4.69) is 13.0 Å². The molecule has 13 heavy (non-hydrogen) atoms. The maximum atomic E-state index is 11.3. The van der Waals surface area contributed by atoms with Gasteiger partial charge in [0.15, 0.2) is 5.43 Å². The van der Waals surface area contributed by atoms with Gasteiger partial charge in [-0.2, -0.15) is 0 Å². The molecule has 0 amide bonds. The first-order valence-electron chi connectivity index (χ1n) is 4.79. The number of hydrogen-bond acceptors (Lipinski definition) is 1. The van der Waals surface area contributed by atoms with Crippen molar-refractivity contribution in [1.29, 1.82) is 0 Å². The van der Waals surface area contributed by atoms with E-state index in [1.54, 1.807) is 6.07 Å². The molecule has 1 fully saturated rings. The van der Waals surface area contributed by atoms with Crippen LogP contribution in [0.4, 0.5) is 0 Å². The Labute approximate surface area is 78.4 Å². The maximum Gasteiger partial charge on any atom is 0.181 e. The summed E-state index contributed by atoms with van der Waals surface area (Å²) in [7, 11) is 0.